The summed E-state index contributed by atoms with van der Waals surface area (Å²) in [6.45, 7) is 23.6. The first-order chi connectivity index (χ1) is 28.5. The SMILES string of the molecule is C=C1C2C(CCc3ccccc3-c3n1cc[n+]3-c1c(C(C)C)cc3c(oc4ccccc43)c1C(C)C)c1ccccc1-c1n(-c3c(C(C)C)cccc3C(C)C)cc[n+]12. The molecule has 2 aliphatic heterocycles. The Hall–Kier alpha value is -5.94. The summed E-state index contributed by atoms with van der Waals surface area (Å²) in [5.74, 6) is 3.82. The monoisotopic (exact) mass is 776 g/mol. The highest BCUT2D eigenvalue weighted by atomic mass is 16.3. The Morgan fingerprint density at radius 3 is 2.03 bits per heavy atom. The first-order valence-corrected chi connectivity index (χ1v) is 21.8. The summed E-state index contributed by atoms with van der Waals surface area (Å²) < 4.78 is 16.7. The Kier molecular flexibility index (Phi) is 8.93. The van der Waals surface area contributed by atoms with Crippen molar-refractivity contribution in [2.45, 2.75) is 104 Å². The largest absolute Gasteiger partial charge is 0.456 e. The van der Waals surface area contributed by atoms with Crippen molar-refractivity contribution in [1.29, 1.82) is 0 Å². The van der Waals surface area contributed by atoms with Crippen molar-refractivity contribution in [2.75, 3.05) is 0 Å². The molecule has 0 N–H and O–H groups in total. The Labute approximate surface area is 348 Å². The van der Waals surface area contributed by atoms with Crippen molar-refractivity contribution in [1.82, 2.24) is 9.13 Å². The third kappa shape index (κ3) is 5.64. The van der Waals surface area contributed by atoms with E-state index in [-0.39, 0.29) is 23.8 Å². The minimum Gasteiger partial charge on any atom is -0.456 e. The van der Waals surface area contributed by atoms with Crippen molar-refractivity contribution in [3.8, 4) is 34.2 Å². The van der Waals surface area contributed by atoms with Crippen LogP contribution in [0.5, 0.6) is 0 Å². The van der Waals surface area contributed by atoms with Gasteiger partial charge < -0.3 is 4.42 Å². The molecule has 0 radical (unpaired) electrons. The summed E-state index contributed by atoms with van der Waals surface area (Å²) in [6.07, 6.45) is 11.2. The zero-order valence-electron chi connectivity index (χ0n) is 35.8. The minimum absolute atomic E-state index is 0.0178. The van der Waals surface area contributed by atoms with E-state index in [0.717, 1.165) is 35.5 Å². The molecule has 2 unspecified atom stereocenters. The number of hydrogen-bond acceptors (Lipinski definition) is 1. The van der Waals surface area contributed by atoms with Crippen molar-refractivity contribution < 1.29 is 13.6 Å². The topological polar surface area (TPSA) is 30.8 Å². The highest BCUT2D eigenvalue weighted by Gasteiger charge is 2.46. The van der Waals surface area contributed by atoms with Gasteiger partial charge in [-0.05, 0) is 71.9 Å². The number of imidazole rings is 2. The van der Waals surface area contributed by atoms with E-state index < -0.39 is 0 Å². The molecule has 0 saturated heterocycles. The molecule has 0 fully saturated rings. The molecule has 5 nitrogen and oxygen atoms in total. The van der Waals surface area contributed by atoms with Crippen LogP contribution >= 0.6 is 0 Å². The summed E-state index contributed by atoms with van der Waals surface area (Å²) >= 11 is 0. The normalized spacial score (nSPS) is 16.3. The first kappa shape index (κ1) is 37.3. The second-order valence-corrected chi connectivity index (χ2v) is 18.2. The molecule has 0 spiro atoms. The molecular formula is C54H56N4O+2. The van der Waals surface area contributed by atoms with Gasteiger partial charge in [0.05, 0.1) is 11.1 Å². The number of benzene rings is 5. The van der Waals surface area contributed by atoms with Crippen LogP contribution in [0.15, 0.2) is 133 Å². The van der Waals surface area contributed by atoms with Gasteiger partial charge in [0.15, 0.2) is 6.04 Å². The van der Waals surface area contributed by atoms with Gasteiger partial charge in [-0.15, -0.1) is 0 Å². The second kappa shape index (κ2) is 14.1. The molecule has 8 aromatic rings. The predicted molar refractivity (Wildman–Crippen MR) is 242 cm³/mol. The number of aryl methyl sites for hydroxylation is 1. The Bertz CT molecular complexity index is 2920. The average Bonchev–Trinajstić information content (AvgIpc) is 3.97. The molecule has 2 aliphatic rings. The first-order valence-electron chi connectivity index (χ1n) is 21.8. The van der Waals surface area contributed by atoms with Gasteiger partial charge in [-0.25, -0.2) is 4.57 Å². The molecule has 0 bridgehead atoms. The van der Waals surface area contributed by atoms with Crippen LogP contribution in [0.1, 0.15) is 131 Å². The highest BCUT2D eigenvalue weighted by molar-refractivity contribution is 6.07. The maximum atomic E-state index is 6.80. The van der Waals surface area contributed by atoms with Crippen molar-refractivity contribution >= 4 is 27.6 Å². The van der Waals surface area contributed by atoms with E-state index in [2.05, 4.69) is 196 Å². The molecule has 59 heavy (non-hydrogen) atoms. The quantitative estimate of drug-likeness (QED) is 0.155. The number of fused-ring (bicyclic) bond motifs is 12. The van der Waals surface area contributed by atoms with Crippen LogP contribution in [0.25, 0.3) is 61.8 Å². The second-order valence-electron chi connectivity index (χ2n) is 18.2. The lowest BCUT2D eigenvalue weighted by Crippen LogP contribution is -2.48. The summed E-state index contributed by atoms with van der Waals surface area (Å²) in [5.41, 5.74) is 16.1. The summed E-state index contributed by atoms with van der Waals surface area (Å²) in [7, 11) is 0. The van der Waals surface area contributed by atoms with Crippen LogP contribution in [0, 0.1) is 0 Å². The van der Waals surface area contributed by atoms with Gasteiger partial charge in [0.1, 0.15) is 53.0 Å². The fourth-order valence-electron chi connectivity index (χ4n) is 10.6. The van der Waals surface area contributed by atoms with Crippen molar-refractivity contribution in [3.63, 3.8) is 0 Å². The van der Waals surface area contributed by atoms with E-state index in [9.17, 15) is 0 Å². The number of nitrogens with zero attached hydrogens (tertiary/aromatic N) is 4. The number of furan rings is 1. The van der Waals surface area contributed by atoms with Gasteiger partial charge in [-0.3, -0.25) is 0 Å². The molecule has 2 atom stereocenters. The fraction of sp³-hybridized carbons (Fsp3) is 0.296. The maximum absolute atomic E-state index is 6.80. The molecule has 0 saturated carbocycles. The summed E-state index contributed by atoms with van der Waals surface area (Å²) in [5, 5.41) is 2.36. The van der Waals surface area contributed by atoms with Gasteiger partial charge in [0, 0.05) is 38.9 Å². The number of allylic oxidation sites excluding steroid dienone is 1. The fourth-order valence-corrected chi connectivity index (χ4v) is 10.6. The zero-order valence-corrected chi connectivity index (χ0v) is 35.8. The molecule has 5 aromatic carbocycles. The highest BCUT2D eigenvalue weighted by Crippen LogP contribution is 2.48. The lowest BCUT2D eigenvalue weighted by molar-refractivity contribution is -0.703. The smallest absolute Gasteiger partial charge is 0.299 e. The molecular weight excluding hydrogens is 721 g/mol. The third-order valence-electron chi connectivity index (χ3n) is 13.3. The van der Waals surface area contributed by atoms with Crippen molar-refractivity contribution in [2.24, 2.45) is 0 Å². The van der Waals surface area contributed by atoms with Gasteiger partial charge in [-0.1, -0.05) is 135 Å². The van der Waals surface area contributed by atoms with Crippen LogP contribution in [0.3, 0.4) is 0 Å². The van der Waals surface area contributed by atoms with Gasteiger partial charge >= 0.3 is 0 Å². The van der Waals surface area contributed by atoms with E-state index in [1.165, 1.54) is 72.5 Å². The Morgan fingerprint density at radius 2 is 1.31 bits per heavy atom. The molecule has 5 heteroatoms. The zero-order chi connectivity index (χ0) is 40.9. The van der Waals surface area contributed by atoms with Crippen molar-refractivity contribution in [3.05, 3.63) is 162 Å². The van der Waals surface area contributed by atoms with Gasteiger partial charge in [-0.2, -0.15) is 13.7 Å². The number of aromatic nitrogens is 4. The third-order valence-corrected chi connectivity index (χ3v) is 13.3. The molecule has 296 valence electrons. The standard InChI is InChI=1S/C54H56N4O/c1-32(2)38-22-16-23-39(33(3)4)50(38)57-30-29-56-49-36(9)55-27-28-58(51-45(34(5)6)31-46-42-20-14-15-24-47(42)59-52(46)48(51)35(7)8)53(55)40-18-11-10-17-37(40)25-26-43(49)41-19-12-13-21-44(41)54(56)57/h10-24,27-35,43,49H,9,25-26H2,1-8H3/q+2. The predicted octanol–water partition coefficient (Wildman–Crippen LogP) is 13.3. The van der Waals surface area contributed by atoms with Crippen LogP contribution in [0.4, 0.5) is 0 Å². The Morgan fingerprint density at radius 1 is 0.644 bits per heavy atom. The maximum Gasteiger partial charge on any atom is 0.299 e. The average molecular weight is 777 g/mol. The van der Waals surface area contributed by atoms with E-state index in [1.807, 2.05) is 0 Å². The molecule has 0 amide bonds. The van der Waals surface area contributed by atoms with Crippen LogP contribution in [0.2, 0.25) is 0 Å². The lowest BCUT2D eigenvalue weighted by atomic mass is 9.79. The lowest BCUT2D eigenvalue weighted by Gasteiger charge is -2.31. The number of rotatable bonds is 6. The number of hydrogen-bond donors (Lipinski definition) is 0. The van der Waals surface area contributed by atoms with E-state index in [4.69, 9.17) is 11.0 Å². The number of para-hydroxylation sites is 2. The van der Waals surface area contributed by atoms with E-state index >= 15 is 0 Å². The summed E-state index contributed by atoms with van der Waals surface area (Å²) in [4.78, 5) is 0. The van der Waals surface area contributed by atoms with Crippen LogP contribution < -0.4 is 9.13 Å². The minimum atomic E-state index is -0.0178. The summed E-state index contributed by atoms with van der Waals surface area (Å²) in [6, 6.07) is 36.0. The van der Waals surface area contributed by atoms with E-state index in [1.54, 1.807) is 0 Å². The Balaban J connectivity index is 1.25. The van der Waals surface area contributed by atoms with Gasteiger partial charge in [0.25, 0.3) is 11.6 Å². The van der Waals surface area contributed by atoms with Gasteiger partial charge in [0.2, 0.25) is 0 Å². The van der Waals surface area contributed by atoms with E-state index in [0.29, 0.717) is 11.8 Å². The van der Waals surface area contributed by atoms with Crippen LogP contribution in [-0.4, -0.2) is 9.13 Å². The molecule has 0 aliphatic carbocycles. The molecule has 10 rings (SSSR count). The van der Waals surface area contributed by atoms with Crippen LogP contribution in [-0.2, 0) is 6.42 Å². The molecule has 3 aromatic heterocycles. The molecule has 5 heterocycles.